The van der Waals surface area contributed by atoms with Crippen molar-refractivity contribution < 1.29 is 41.9 Å². The third kappa shape index (κ3) is 7.16. The van der Waals surface area contributed by atoms with Crippen LogP contribution in [0.1, 0.15) is 6.42 Å². The number of carbonyl (C=O) groups is 3. The summed E-state index contributed by atoms with van der Waals surface area (Å²) in [5.41, 5.74) is 0. The molecule has 0 radical (unpaired) electrons. The summed E-state index contributed by atoms with van der Waals surface area (Å²) in [5.74, 6) is -3.81. The molecule has 0 aliphatic heterocycles. The van der Waals surface area contributed by atoms with Crippen LogP contribution in [-0.2, 0) is 34.0 Å². The maximum atomic E-state index is 11.3. The molecule has 108 valence electrons. The Balaban J connectivity index is 4.38. The van der Waals surface area contributed by atoms with Gasteiger partial charge in [-0.05, 0) is 0 Å². The lowest BCUT2D eigenvalue weighted by Gasteiger charge is -2.11. The van der Waals surface area contributed by atoms with E-state index in [1.54, 1.807) is 0 Å². The fraction of sp³-hybridized carbons (Fsp3) is 0.444. The van der Waals surface area contributed by atoms with E-state index in [9.17, 15) is 22.8 Å². The predicted molar refractivity (Wildman–Crippen MR) is 59.7 cm³/mol. The number of hydrogen-bond acceptors (Lipinski definition) is 7. The standard InChI is InChI=1S/C9H12O9S/c1-2-8(12)17-3-4-18-9(13)6(5-7(10)11)19(14,15)16/h2,6H,1,3-5H2,(H,10,11)(H,14,15,16). The molecule has 0 saturated heterocycles. The van der Waals surface area contributed by atoms with Crippen molar-refractivity contribution in [1.29, 1.82) is 0 Å². The molecule has 19 heavy (non-hydrogen) atoms. The molecule has 2 N–H and O–H groups in total. The fourth-order valence-corrected chi connectivity index (χ4v) is 1.57. The Morgan fingerprint density at radius 1 is 1.21 bits per heavy atom. The van der Waals surface area contributed by atoms with E-state index in [0.717, 1.165) is 6.08 Å². The molecule has 0 heterocycles. The van der Waals surface area contributed by atoms with Crippen LogP contribution < -0.4 is 0 Å². The minimum absolute atomic E-state index is 0.359. The molecule has 0 aromatic rings. The van der Waals surface area contributed by atoms with Gasteiger partial charge in [0.05, 0.1) is 6.42 Å². The normalized spacial score (nSPS) is 12.3. The highest BCUT2D eigenvalue weighted by Gasteiger charge is 2.34. The van der Waals surface area contributed by atoms with E-state index < -0.39 is 46.3 Å². The van der Waals surface area contributed by atoms with Crippen molar-refractivity contribution in [2.75, 3.05) is 13.2 Å². The first kappa shape index (κ1) is 17.1. The number of carboxylic acids is 1. The molecule has 0 aliphatic rings. The van der Waals surface area contributed by atoms with Gasteiger partial charge in [0.2, 0.25) is 0 Å². The van der Waals surface area contributed by atoms with Crippen molar-refractivity contribution in [3.05, 3.63) is 12.7 Å². The topological polar surface area (TPSA) is 144 Å². The number of carboxylic acid groups (broad SMARTS) is 1. The summed E-state index contributed by atoms with van der Waals surface area (Å²) in [5, 5.41) is 6.19. The molecule has 10 heteroatoms. The Kier molecular flexibility index (Phi) is 6.72. The van der Waals surface area contributed by atoms with Gasteiger partial charge in [-0.1, -0.05) is 6.58 Å². The molecule has 0 amide bonds. The van der Waals surface area contributed by atoms with Crippen LogP contribution in [0.3, 0.4) is 0 Å². The van der Waals surface area contributed by atoms with E-state index in [1.807, 2.05) is 0 Å². The van der Waals surface area contributed by atoms with E-state index >= 15 is 0 Å². The Labute approximate surface area is 108 Å². The number of aliphatic carboxylic acids is 1. The Hall–Kier alpha value is -1.94. The van der Waals surface area contributed by atoms with Crippen molar-refractivity contribution >= 4 is 28.0 Å². The predicted octanol–water partition coefficient (Wildman–Crippen LogP) is -1.01. The van der Waals surface area contributed by atoms with Gasteiger partial charge >= 0.3 is 17.9 Å². The summed E-state index contributed by atoms with van der Waals surface area (Å²) >= 11 is 0. The number of esters is 2. The zero-order chi connectivity index (χ0) is 15.1. The second kappa shape index (κ2) is 7.48. The van der Waals surface area contributed by atoms with Crippen molar-refractivity contribution in [2.24, 2.45) is 0 Å². The lowest BCUT2D eigenvalue weighted by molar-refractivity contribution is -0.151. The van der Waals surface area contributed by atoms with E-state index in [1.165, 1.54) is 0 Å². The maximum absolute atomic E-state index is 11.3. The monoisotopic (exact) mass is 296 g/mol. The average molecular weight is 296 g/mol. The van der Waals surface area contributed by atoms with Crippen LogP contribution in [-0.4, -0.2) is 54.4 Å². The van der Waals surface area contributed by atoms with Crippen LogP contribution in [0, 0.1) is 0 Å². The molecule has 0 aromatic heterocycles. The second-order valence-corrected chi connectivity index (χ2v) is 4.74. The van der Waals surface area contributed by atoms with Crippen LogP contribution in [0.25, 0.3) is 0 Å². The van der Waals surface area contributed by atoms with Crippen molar-refractivity contribution in [3.8, 4) is 0 Å². The summed E-state index contributed by atoms with van der Waals surface area (Å²) in [6.07, 6.45) is -0.267. The fourth-order valence-electron chi connectivity index (χ4n) is 0.905. The summed E-state index contributed by atoms with van der Waals surface area (Å²) in [4.78, 5) is 32.2. The molecular formula is C9H12O9S. The largest absolute Gasteiger partial charge is 0.481 e. The molecule has 0 aliphatic carbocycles. The lowest BCUT2D eigenvalue weighted by Crippen LogP contribution is -2.34. The SMILES string of the molecule is C=CC(=O)OCCOC(=O)C(CC(=O)O)S(=O)(=O)O. The Morgan fingerprint density at radius 2 is 1.74 bits per heavy atom. The summed E-state index contributed by atoms with van der Waals surface area (Å²) < 4.78 is 39.1. The number of hydrogen-bond donors (Lipinski definition) is 2. The van der Waals surface area contributed by atoms with Crippen LogP contribution in [0.15, 0.2) is 12.7 Å². The molecular weight excluding hydrogens is 284 g/mol. The number of ether oxygens (including phenoxy) is 2. The summed E-state index contributed by atoms with van der Waals surface area (Å²) in [6, 6.07) is 0. The zero-order valence-electron chi connectivity index (χ0n) is 9.64. The molecule has 0 spiro atoms. The van der Waals surface area contributed by atoms with Crippen molar-refractivity contribution in [3.63, 3.8) is 0 Å². The second-order valence-electron chi connectivity index (χ2n) is 3.14. The van der Waals surface area contributed by atoms with Gasteiger partial charge in [0.15, 0.2) is 5.25 Å². The highest BCUT2D eigenvalue weighted by molar-refractivity contribution is 7.87. The zero-order valence-corrected chi connectivity index (χ0v) is 10.5. The third-order valence-corrected chi connectivity index (χ3v) is 2.80. The summed E-state index contributed by atoms with van der Waals surface area (Å²) in [6.45, 7) is 2.27. The first-order chi connectivity index (χ1) is 8.68. The quantitative estimate of drug-likeness (QED) is 0.249. The van der Waals surface area contributed by atoms with Crippen molar-refractivity contribution in [1.82, 2.24) is 0 Å². The van der Waals surface area contributed by atoms with Gasteiger partial charge < -0.3 is 14.6 Å². The molecule has 1 atom stereocenters. The molecule has 0 rings (SSSR count). The first-order valence-corrected chi connectivity index (χ1v) is 6.32. The molecule has 0 bridgehead atoms. The van der Waals surface area contributed by atoms with Crippen LogP contribution >= 0.6 is 0 Å². The van der Waals surface area contributed by atoms with Crippen LogP contribution in [0.4, 0.5) is 0 Å². The van der Waals surface area contributed by atoms with Crippen molar-refractivity contribution in [2.45, 2.75) is 11.7 Å². The molecule has 1 unspecified atom stereocenters. The minimum Gasteiger partial charge on any atom is -0.481 e. The highest BCUT2D eigenvalue weighted by Crippen LogP contribution is 2.07. The molecule has 0 aromatic carbocycles. The van der Waals surface area contributed by atoms with Gasteiger partial charge in [0.25, 0.3) is 10.1 Å². The maximum Gasteiger partial charge on any atom is 0.330 e. The first-order valence-electron chi connectivity index (χ1n) is 4.82. The lowest BCUT2D eigenvalue weighted by atomic mass is 10.3. The molecule has 0 fully saturated rings. The van der Waals surface area contributed by atoms with Crippen LogP contribution in [0.5, 0.6) is 0 Å². The number of rotatable bonds is 8. The van der Waals surface area contributed by atoms with Gasteiger partial charge in [0, 0.05) is 6.08 Å². The Bertz CT molecular complexity index is 464. The smallest absolute Gasteiger partial charge is 0.330 e. The minimum atomic E-state index is -4.90. The summed E-state index contributed by atoms with van der Waals surface area (Å²) in [7, 11) is -4.90. The molecule has 9 nitrogen and oxygen atoms in total. The third-order valence-electron chi connectivity index (χ3n) is 1.72. The van der Waals surface area contributed by atoms with E-state index in [2.05, 4.69) is 16.1 Å². The van der Waals surface area contributed by atoms with Gasteiger partial charge in [-0.3, -0.25) is 14.1 Å². The van der Waals surface area contributed by atoms with Gasteiger partial charge in [-0.25, -0.2) is 4.79 Å². The molecule has 0 saturated carbocycles. The Morgan fingerprint density at radius 3 is 2.16 bits per heavy atom. The van der Waals surface area contributed by atoms with E-state index in [-0.39, 0.29) is 6.61 Å². The van der Waals surface area contributed by atoms with Gasteiger partial charge in [-0.15, -0.1) is 0 Å². The van der Waals surface area contributed by atoms with E-state index in [0.29, 0.717) is 0 Å². The highest BCUT2D eigenvalue weighted by atomic mass is 32.2. The van der Waals surface area contributed by atoms with E-state index in [4.69, 9.17) is 9.66 Å². The number of carbonyl (C=O) groups excluding carboxylic acids is 2. The average Bonchev–Trinajstić information content (AvgIpc) is 2.29. The van der Waals surface area contributed by atoms with Gasteiger partial charge in [0.1, 0.15) is 13.2 Å². The van der Waals surface area contributed by atoms with Crippen LogP contribution in [0.2, 0.25) is 0 Å². The van der Waals surface area contributed by atoms with Gasteiger partial charge in [-0.2, -0.15) is 8.42 Å².